The highest BCUT2D eigenvalue weighted by Gasteiger charge is 2.26. The van der Waals surface area contributed by atoms with Crippen LogP contribution >= 0.6 is 0 Å². The SMILES string of the molecule is CN1CCN(C2CCN(c3ccc4ccnn4c3)CC2)CC1. The second-order valence-corrected chi connectivity index (χ2v) is 6.65. The van der Waals surface area contributed by atoms with Crippen molar-refractivity contribution in [3.8, 4) is 0 Å². The molecule has 0 atom stereocenters. The second-order valence-electron chi connectivity index (χ2n) is 6.65. The molecule has 0 radical (unpaired) electrons. The van der Waals surface area contributed by atoms with Crippen LogP contribution in [0.5, 0.6) is 0 Å². The van der Waals surface area contributed by atoms with E-state index < -0.39 is 0 Å². The number of fused-ring (bicyclic) bond motifs is 1. The van der Waals surface area contributed by atoms with Crippen LogP contribution in [0.3, 0.4) is 0 Å². The third kappa shape index (κ3) is 2.71. The lowest BCUT2D eigenvalue weighted by Gasteiger charge is -2.42. The largest absolute Gasteiger partial charge is 0.370 e. The van der Waals surface area contributed by atoms with E-state index in [4.69, 9.17) is 0 Å². The molecule has 2 aliphatic heterocycles. The Labute approximate surface area is 132 Å². The van der Waals surface area contributed by atoms with Crippen LogP contribution < -0.4 is 4.90 Å². The second kappa shape index (κ2) is 5.89. The van der Waals surface area contributed by atoms with Crippen molar-refractivity contribution in [2.45, 2.75) is 18.9 Å². The van der Waals surface area contributed by atoms with Crippen molar-refractivity contribution in [3.63, 3.8) is 0 Å². The highest BCUT2D eigenvalue weighted by atomic mass is 15.3. The molecule has 0 aliphatic carbocycles. The van der Waals surface area contributed by atoms with Gasteiger partial charge in [-0.25, -0.2) is 4.52 Å². The number of piperazine rings is 1. The minimum Gasteiger partial charge on any atom is -0.370 e. The van der Waals surface area contributed by atoms with Gasteiger partial charge in [0, 0.05) is 51.5 Å². The summed E-state index contributed by atoms with van der Waals surface area (Å²) in [7, 11) is 2.23. The maximum Gasteiger partial charge on any atom is 0.0663 e. The van der Waals surface area contributed by atoms with E-state index in [1.54, 1.807) is 0 Å². The van der Waals surface area contributed by atoms with Crippen molar-refractivity contribution in [3.05, 3.63) is 30.6 Å². The van der Waals surface area contributed by atoms with Gasteiger partial charge in [-0.3, -0.25) is 4.90 Å². The summed E-state index contributed by atoms with van der Waals surface area (Å²) >= 11 is 0. The molecule has 2 fully saturated rings. The maximum absolute atomic E-state index is 4.35. The number of piperidine rings is 1. The minimum atomic E-state index is 0.776. The van der Waals surface area contributed by atoms with Gasteiger partial charge in [0.05, 0.1) is 17.4 Å². The zero-order chi connectivity index (χ0) is 14.9. The van der Waals surface area contributed by atoms with Gasteiger partial charge in [0.1, 0.15) is 0 Å². The minimum absolute atomic E-state index is 0.776. The van der Waals surface area contributed by atoms with Crippen LogP contribution in [0.25, 0.3) is 5.52 Å². The van der Waals surface area contributed by atoms with Gasteiger partial charge in [-0.05, 0) is 38.1 Å². The molecular formula is C17H25N5. The fourth-order valence-electron chi connectivity index (χ4n) is 3.77. The number of anilines is 1. The molecule has 5 heteroatoms. The lowest BCUT2D eigenvalue weighted by molar-refractivity contribution is 0.0982. The molecule has 2 aliphatic rings. The predicted octanol–water partition coefficient (Wildman–Crippen LogP) is 1.55. The summed E-state index contributed by atoms with van der Waals surface area (Å²) in [5.74, 6) is 0. The Morgan fingerprint density at radius 2 is 1.73 bits per heavy atom. The lowest BCUT2D eigenvalue weighted by atomic mass is 10.0. The Morgan fingerprint density at radius 1 is 0.955 bits per heavy atom. The van der Waals surface area contributed by atoms with Crippen LogP contribution in [-0.2, 0) is 0 Å². The Bertz CT molecular complexity index is 621. The van der Waals surface area contributed by atoms with Crippen LogP contribution in [0.2, 0.25) is 0 Å². The fraction of sp³-hybridized carbons (Fsp3) is 0.588. The van der Waals surface area contributed by atoms with Gasteiger partial charge in [0.25, 0.3) is 0 Å². The smallest absolute Gasteiger partial charge is 0.0663 e. The summed E-state index contributed by atoms with van der Waals surface area (Å²) < 4.78 is 1.97. The molecule has 0 spiro atoms. The van der Waals surface area contributed by atoms with Crippen LogP contribution in [-0.4, -0.2) is 71.8 Å². The number of hydrogen-bond donors (Lipinski definition) is 0. The molecule has 4 rings (SSSR count). The standard InChI is InChI=1S/C17H25N5/c1-19-10-12-21(13-11-19)15-5-8-20(9-6-15)17-3-2-16-4-7-18-22(16)14-17/h2-4,7,14-15H,5-6,8-13H2,1H3. The van der Waals surface area contributed by atoms with E-state index in [1.165, 1.54) is 44.7 Å². The Morgan fingerprint density at radius 3 is 2.50 bits per heavy atom. The number of likely N-dealkylation sites (N-methyl/N-ethyl adjacent to an activating group) is 1. The van der Waals surface area contributed by atoms with E-state index in [1.807, 2.05) is 16.8 Å². The predicted molar refractivity (Wildman–Crippen MR) is 89.5 cm³/mol. The first-order valence-electron chi connectivity index (χ1n) is 8.40. The van der Waals surface area contributed by atoms with Gasteiger partial charge in [0.15, 0.2) is 0 Å². The number of hydrogen-bond acceptors (Lipinski definition) is 4. The van der Waals surface area contributed by atoms with Gasteiger partial charge in [-0.2, -0.15) is 5.10 Å². The third-order valence-electron chi connectivity index (χ3n) is 5.26. The van der Waals surface area contributed by atoms with Crippen molar-refractivity contribution in [1.82, 2.24) is 19.4 Å². The van der Waals surface area contributed by atoms with Crippen LogP contribution in [0, 0.1) is 0 Å². The summed E-state index contributed by atoms with van der Waals surface area (Å²) in [5.41, 5.74) is 2.46. The molecule has 118 valence electrons. The Kier molecular flexibility index (Phi) is 3.76. The molecule has 22 heavy (non-hydrogen) atoms. The number of nitrogens with zero attached hydrogens (tertiary/aromatic N) is 5. The first kappa shape index (κ1) is 14.0. The molecule has 2 saturated heterocycles. The molecule has 0 N–H and O–H groups in total. The average molecular weight is 299 g/mol. The van der Waals surface area contributed by atoms with Crippen molar-refractivity contribution < 1.29 is 0 Å². The molecule has 2 aromatic heterocycles. The van der Waals surface area contributed by atoms with E-state index in [2.05, 4.69) is 45.2 Å². The average Bonchev–Trinajstić information content (AvgIpc) is 3.03. The quantitative estimate of drug-likeness (QED) is 0.841. The van der Waals surface area contributed by atoms with Gasteiger partial charge < -0.3 is 9.80 Å². The van der Waals surface area contributed by atoms with Crippen molar-refractivity contribution in [2.24, 2.45) is 0 Å². The Balaban J connectivity index is 1.38. The molecule has 4 heterocycles. The van der Waals surface area contributed by atoms with E-state index in [-0.39, 0.29) is 0 Å². The first-order chi connectivity index (χ1) is 10.8. The maximum atomic E-state index is 4.35. The highest BCUT2D eigenvalue weighted by Crippen LogP contribution is 2.23. The number of aromatic nitrogens is 2. The zero-order valence-electron chi connectivity index (χ0n) is 13.4. The molecule has 0 saturated carbocycles. The molecule has 0 unspecified atom stereocenters. The van der Waals surface area contributed by atoms with Crippen LogP contribution in [0.4, 0.5) is 5.69 Å². The van der Waals surface area contributed by atoms with Gasteiger partial charge >= 0.3 is 0 Å². The van der Waals surface area contributed by atoms with Gasteiger partial charge in [0.2, 0.25) is 0 Å². The summed E-state index contributed by atoms with van der Waals surface area (Å²) in [6.45, 7) is 7.22. The summed E-state index contributed by atoms with van der Waals surface area (Å²) in [4.78, 5) is 7.65. The lowest BCUT2D eigenvalue weighted by Crippen LogP contribution is -2.52. The van der Waals surface area contributed by atoms with Crippen LogP contribution in [0.1, 0.15) is 12.8 Å². The van der Waals surface area contributed by atoms with E-state index in [9.17, 15) is 0 Å². The van der Waals surface area contributed by atoms with E-state index >= 15 is 0 Å². The molecular weight excluding hydrogens is 274 g/mol. The molecule has 0 aromatic carbocycles. The number of rotatable bonds is 2. The molecule has 5 nitrogen and oxygen atoms in total. The molecule has 2 aromatic rings. The summed E-state index contributed by atoms with van der Waals surface area (Å²) in [6, 6.07) is 7.21. The van der Waals surface area contributed by atoms with Crippen molar-refractivity contribution in [1.29, 1.82) is 0 Å². The van der Waals surface area contributed by atoms with Crippen molar-refractivity contribution in [2.75, 3.05) is 51.2 Å². The van der Waals surface area contributed by atoms with Gasteiger partial charge in [-0.1, -0.05) is 0 Å². The summed E-state index contributed by atoms with van der Waals surface area (Å²) in [6.07, 6.45) is 6.58. The topological polar surface area (TPSA) is 27.0 Å². The van der Waals surface area contributed by atoms with Gasteiger partial charge in [-0.15, -0.1) is 0 Å². The Hall–Kier alpha value is -1.59. The van der Waals surface area contributed by atoms with Crippen LogP contribution in [0.15, 0.2) is 30.6 Å². The van der Waals surface area contributed by atoms with E-state index in [0.29, 0.717) is 0 Å². The zero-order valence-corrected chi connectivity index (χ0v) is 13.4. The monoisotopic (exact) mass is 299 g/mol. The summed E-state index contributed by atoms with van der Waals surface area (Å²) in [5, 5.41) is 4.35. The fourth-order valence-corrected chi connectivity index (χ4v) is 3.77. The third-order valence-corrected chi connectivity index (χ3v) is 5.26. The molecule has 0 bridgehead atoms. The number of pyridine rings is 1. The normalized spacial score (nSPS) is 22.5. The highest BCUT2D eigenvalue weighted by molar-refractivity contribution is 5.54. The first-order valence-corrected chi connectivity index (χ1v) is 8.40. The molecule has 0 amide bonds. The van der Waals surface area contributed by atoms with Crippen molar-refractivity contribution >= 4 is 11.2 Å². The van der Waals surface area contributed by atoms with E-state index in [0.717, 1.165) is 24.6 Å².